The maximum absolute atomic E-state index is 11.7. The molecular weight excluding hydrogens is 559 g/mol. The summed E-state index contributed by atoms with van der Waals surface area (Å²) in [6, 6.07) is 13.3. The molecule has 0 saturated carbocycles. The molecule has 184 valence electrons. The summed E-state index contributed by atoms with van der Waals surface area (Å²) in [4.78, 5) is 25.3. The molecule has 4 rings (SSSR count). The van der Waals surface area contributed by atoms with Crippen LogP contribution in [0.4, 0.5) is 23.0 Å². The highest BCUT2D eigenvalue weighted by atomic mass is 127. The molecule has 0 bridgehead atoms. The third-order valence-corrected chi connectivity index (χ3v) is 6.41. The Bertz CT molecular complexity index is 1180. The van der Waals surface area contributed by atoms with Crippen molar-refractivity contribution in [3.63, 3.8) is 0 Å². The van der Waals surface area contributed by atoms with E-state index in [1.54, 1.807) is 19.4 Å². The molecule has 1 amide bonds. The Morgan fingerprint density at radius 1 is 1.14 bits per heavy atom. The number of anilines is 4. The van der Waals surface area contributed by atoms with Crippen molar-refractivity contribution in [1.82, 2.24) is 14.9 Å². The number of amides is 1. The molecule has 1 saturated heterocycles. The summed E-state index contributed by atoms with van der Waals surface area (Å²) in [6.07, 6.45) is 2.10. The average Bonchev–Trinajstić information content (AvgIpc) is 2.87. The summed E-state index contributed by atoms with van der Waals surface area (Å²) in [5, 5.41) is 6.08. The van der Waals surface area contributed by atoms with Crippen LogP contribution in [0.3, 0.4) is 0 Å². The molecule has 0 spiro atoms. The van der Waals surface area contributed by atoms with Gasteiger partial charge in [-0.2, -0.15) is 4.98 Å². The first-order valence-electron chi connectivity index (χ1n) is 11.4. The van der Waals surface area contributed by atoms with Crippen LogP contribution in [-0.4, -0.2) is 61.1 Å². The lowest BCUT2D eigenvalue weighted by Gasteiger charge is -2.34. The van der Waals surface area contributed by atoms with Crippen molar-refractivity contribution in [2.45, 2.75) is 13.3 Å². The molecule has 0 radical (unpaired) electrons. The Morgan fingerprint density at radius 3 is 2.69 bits per heavy atom. The van der Waals surface area contributed by atoms with Crippen LogP contribution >= 0.6 is 22.6 Å². The van der Waals surface area contributed by atoms with Crippen LogP contribution in [0.1, 0.15) is 13.3 Å². The first-order valence-corrected chi connectivity index (χ1v) is 12.5. The van der Waals surface area contributed by atoms with Gasteiger partial charge in [-0.15, -0.1) is 0 Å². The summed E-state index contributed by atoms with van der Waals surface area (Å²) in [5.41, 5.74) is 2.56. The van der Waals surface area contributed by atoms with Gasteiger partial charge < -0.3 is 29.9 Å². The van der Waals surface area contributed by atoms with Crippen molar-refractivity contribution < 1.29 is 14.3 Å². The van der Waals surface area contributed by atoms with Gasteiger partial charge in [-0.25, -0.2) is 4.98 Å². The molecule has 1 aliphatic rings. The molecule has 2 N–H and O–H groups in total. The second-order valence-corrected chi connectivity index (χ2v) is 9.34. The highest BCUT2D eigenvalue weighted by Crippen LogP contribution is 2.33. The van der Waals surface area contributed by atoms with E-state index in [-0.39, 0.29) is 5.91 Å². The van der Waals surface area contributed by atoms with Crippen molar-refractivity contribution in [1.29, 1.82) is 0 Å². The highest BCUT2D eigenvalue weighted by Gasteiger charge is 2.17. The molecular formula is C25H29IN6O3. The number of hydrogen-bond acceptors (Lipinski definition) is 8. The van der Waals surface area contributed by atoms with E-state index in [9.17, 15) is 4.79 Å². The Hall–Kier alpha value is -3.12. The zero-order chi connectivity index (χ0) is 24.8. The highest BCUT2D eigenvalue weighted by molar-refractivity contribution is 14.1. The number of carbonyl (C=O) groups excluding carboxylic acids is 1. The third-order valence-electron chi connectivity index (χ3n) is 5.67. The molecule has 3 aromatic rings. The number of piperazine rings is 1. The Morgan fingerprint density at radius 2 is 1.94 bits per heavy atom. The van der Waals surface area contributed by atoms with E-state index < -0.39 is 0 Å². The molecule has 9 nitrogen and oxygen atoms in total. The van der Waals surface area contributed by atoms with E-state index >= 15 is 0 Å². The molecule has 2 aromatic carbocycles. The second kappa shape index (κ2) is 11.5. The van der Waals surface area contributed by atoms with E-state index in [0.717, 1.165) is 41.1 Å². The van der Waals surface area contributed by atoms with Crippen LogP contribution in [0, 0.1) is 3.57 Å². The maximum atomic E-state index is 11.7. The summed E-state index contributed by atoms with van der Waals surface area (Å²) < 4.78 is 12.4. The second-order valence-electron chi connectivity index (χ2n) is 8.18. The van der Waals surface area contributed by atoms with Gasteiger partial charge in [0.25, 0.3) is 0 Å². The lowest BCUT2D eigenvalue weighted by atomic mass is 10.2. The van der Waals surface area contributed by atoms with Gasteiger partial charge in [0, 0.05) is 62.3 Å². The van der Waals surface area contributed by atoms with Gasteiger partial charge in [-0.1, -0.05) is 13.0 Å². The Labute approximate surface area is 219 Å². The monoisotopic (exact) mass is 588 g/mol. The number of nitrogens with one attached hydrogen (secondary N) is 2. The summed E-state index contributed by atoms with van der Waals surface area (Å²) in [6.45, 7) is 5.85. The zero-order valence-corrected chi connectivity index (χ0v) is 22.2. The van der Waals surface area contributed by atoms with Gasteiger partial charge in [0.15, 0.2) is 0 Å². The fraction of sp³-hybridized carbons (Fsp3) is 0.320. The first kappa shape index (κ1) is 25.0. The van der Waals surface area contributed by atoms with E-state index in [4.69, 9.17) is 9.47 Å². The normalized spacial score (nSPS) is 13.9. The molecule has 1 fully saturated rings. The van der Waals surface area contributed by atoms with Gasteiger partial charge in [-0.05, 0) is 53.9 Å². The van der Waals surface area contributed by atoms with E-state index in [2.05, 4.69) is 66.1 Å². The standard InChI is InChI=1S/C25H29IN6O3/c1-4-23(33)28-17-6-5-7-19(14-17)35-24-20(26)16-27-25(30-24)29-21-9-8-18(15-22(21)34-3)32-12-10-31(2)11-13-32/h5-9,14-16H,4,10-13H2,1-3H3,(H,28,33)(H,27,29,30). The molecule has 1 aromatic heterocycles. The maximum Gasteiger partial charge on any atom is 0.237 e. The van der Waals surface area contributed by atoms with Gasteiger partial charge in [0.2, 0.25) is 17.7 Å². The number of likely N-dealkylation sites (N-methyl/N-ethyl adjacent to an activating group) is 1. The van der Waals surface area contributed by atoms with E-state index in [1.165, 1.54) is 0 Å². The molecule has 0 unspecified atom stereocenters. The van der Waals surface area contributed by atoms with Crippen molar-refractivity contribution >= 4 is 51.5 Å². The number of methoxy groups -OCH3 is 1. The summed E-state index contributed by atoms with van der Waals surface area (Å²) in [5.74, 6) is 2.02. The zero-order valence-electron chi connectivity index (χ0n) is 20.0. The molecule has 0 atom stereocenters. The predicted octanol–water partition coefficient (Wildman–Crippen LogP) is 4.73. The quantitative estimate of drug-likeness (QED) is 0.366. The van der Waals surface area contributed by atoms with Gasteiger partial charge in [-0.3, -0.25) is 4.79 Å². The lowest BCUT2D eigenvalue weighted by Crippen LogP contribution is -2.44. The topological polar surface area (TPSA) is 91.8 Å². The van der Waals surface area contributed by atoms with Crippen molar-refractivity contribution in [3.8, 4) is 17.4 Å². The van der Waals surface area contributed by atoms with Crippen molar-refractivity contribution in [2.75, 3.05) is 55.9 Å². The summed E-state index contributed by atoms with van der Waals surface area (Å²) >= 11 is 2.13. The number of nitrogens with zero attached hydrogens (tertiary/aromatic N) is 4. The number of ether oxygens (including phenoxy) is 2. The fourth-order valence-electron chi connectivity index (χ4n) is 3.65. The van der Waals surface area contributed by atoms with Gasteiger partial charge >= 0.3 is 0 Å². The Balaban J connectivity index is 1.50. The number of aromatic nitrogens is 2. The van der Waals surface area contributed by atoms with Gasteiger partial charge in [0.1, 0.15) is 11.5 Å². The number of halogens is 1. The molecule has 10 heteroatoms. The fourth-order valence-corrected chi connectivity index (χ4v) is 4.02. The van der Waals surface area contributed by atoms with Crippen LogP contribution in [0.25, 0.3) is 0 Å². The lowest BCUT2D eigenvalue weighted by molar-refractivity contribution is -0.115. The molecule has 2 heterocycles. The van der Waals surface area contributed by atoms with Crippen LogP contribution in [0.2, 0.25) is 0 Å². The van der Waals surface area contributed by atoms with Crippen LogP contribution < -0.4 is 25.0 Å². The van der Waals surface area contributed by atoms with Crippen LogP contribution in [0.5, 0.6) is 17.4 Å². The molecule has 1 aliphatic heterocycles. The third kappa shape index (κ3) is 6.51. The summed E-state index contributed by atoms with van der Waals surface area (Å²) in [7, 11) is 3.80. The number of rotatable bonds is 8. The minimum absolute atomic E-state index is 0.0576. The average molecular weight is 588 g/mol. The predicted molar refractivity (Wildman–Crippen MR) is 146 cm³/mol. The smallest absolute Gasteiger partial charge is 0.237 e. The Kier molecular flexibility index (Phi) is 8.24. The van der Waals surface area contributed by atoms with Crippen molar-refractivity contribution in [3.05, 3.63) is 52.2 Å². The minimum Gasteiger partial charge on any atom is -0.494 e. The number of benzene rings is 2. The number of hydrogen-bond donors (Lipinski definition) is 2. The number of carbonyl (C=O) groups is 1. The molecule has 35 heavy (non-hydrogen) atoms. The first-order chi connectivity index (χ1) is 16.9. The molecule has 0 aliphatic carbocycles. The van der Waals surface area contributed by atoms with Crippen LogP contribution in [-0.2, 0) is 4.79 Å². The van der Waals surface area contributed by atoms with E-state index in [0.29, 0.717) is 35.4 Å². The minimum atomic E-state index is -0.0576. The van der Waals surface area contributed by atoms with Crippen LogP contribution in [0.15, 0.2) is 48.7 Å². The van der Waals surface area contributed by atoms with E-state index in [1.807, 2.05) is 37.3 Å². The SMILES string of the molecule is CCC(=O)Nc1cccc(Oc2nc(Nc3ccc(N4CCN(C)CC4)cc3OC)ncc2I)c1. The largest absolute Gasteiger partial charge is 0.494 e. The van der Waals surface area contributed by atoms with Gasteiger partial charge in [0.05, 0.1) is 16.4 Å². The van der Waals surface area contributed by atoms with Crippen molar-refractivity contribution in [2.24, 2.45) is 0 Å².